The van der Waals surface area contributed by atoms with Crippen LogP contribution in [0.15, 0.2) is 0 Å². The highest BCUT2D eigenvalue weighted by Crippen LogP contribution is 2.36. The first kappa shape index (κ1) is 14.3. The minimum atomic E-state index is -0.0597. The first-order valence-corrected chi connectivity index (χ1v) is 7.16. The van der Waals surface area contributed by atoms with Crippen molar-refractivity contribution in [1.29, 1.82) is 0 Å². The van der Waals surface area contributed by atoms with E-state index in [0.717, 1.165) is 24.5 Å². The van der Waals surface area contributed by atoms with E-state index in [4.69, 9.17) is 14.7 Å². The molecule has 0 saturated heterocycles. The summed E-state index contributed by atoms with van der Waals surface area (Å²) < 4.78 is 5.90. The van der Waals surface area contributed by atoms with Crippen molar-refractivity contribution >= 4 is 5.82 Å². The van der Waals surface area contributed by atoms with Gasteiger partial charge in [0.05, 0.1) is 0 Å². The lowest BCUT2D eigenvalue weighted by Gasteiger charge is -2.29. The molecule has 1 aliphatic carbocycles. The SMILES string of the molecule is CCOC(c1nc2c(c(NC)n1)CCC2)C(C)(C)C. The largest absolute Gasteiger partial charge is 0.373 e. The molecule has 1 unspecified atom stereocenters. The first-order chi connectivity index (χ1) is 8.97. The Bertz CT molecular complexity index is 451. The summed E-state index contributed by atoms with van der Waals surface area (Å²) in [6, 6.07) is 0. The van der Waals surface area contributed by atoms with E-state index in [-0.39, 0.29) is 11.5 Å². The molecule has 2 rings (SSSR count). The van der Waals surface area contributed by atoms with Gasteiger partial charge in [-0.2, -0.15) is 0 Å². The van der Waals surface area contributed by atoms with E-state index < -0.39 is 0 Å². The molecule has 0 bridgehead atoms. The molecule has 0 aromatic carbocycles. The Hall–Kier alpha value is -1.16. The molecule has 1 aliphatic rings. The molecule has 4 heteroatoms. The van der Waals surface area contributed by atoms with Crippen molar-refractivity contribution in [3.05, 3.63) is 17.1 Å². The van der Waals surface area contributed by atoms with Gasteiger partial charge in [-0.15, -0.1) is 0 Å². The summed E-state index contributed by atoms with van der Waals surface area (Å²) in [7, 11) is 1.93. The third kappa shape index (κ3) is 2.89. The summed E-state index contributed by atoms with van der Waals surface area (Å²) in [4.78, 5) is 9.47. The van der Waals surface area contributed by atoms with Gasteiger partial charge < -0.3 is 10.1 Å². The highest BCUT2D eigenvalue weighted by molar-refractivity contribution is 5.48. The van der Waals surface area contributed by atoms with E-state index in [1.165, 1.54) is 17.7 Å². The lowest BCUT2D eigenvalue weighted by atomic mass is 9.88. The fraction of sp³-hybridized carbons (Fsp3) is 0.733. The Morgan fingerprint density at radius 1 is 1.26 bits per heavy atom. The third-order valence-electron chi connectivity index (χ3n) is 3.54. The summed E-state index contributed by atoms with van der Waals surface area (Å²) in [6.07, 6.45) is 3.26. The molecule has 106 valence electrons. The van der Waals surface area contributed by atoms with Crippen molar-refractivity contribution < 1.29 is 4.74 Å². The van der Waals surface area contributed by atoms with Crippen LogP contribution in [0, 0.1) is 5.41 Å². The van der Waals surface area contributed by atoms with E-state index in [0.29, 0.717) is 6.61 Å². The quantitative estimate of drug-likeness (QED) is 0.906. The highest BCUT2D eigenvalue weighted by Gasteiger charge is 2.31. The van der Waals surface area contributed by atoms with Gasteiger partial charge in [0, 0.05) is 24.9 Å². The van der Waals surface area contributed by atoms with Crippen molar-refractivity contribution in [2.24, 2.45) is 5.41 Å². The van der Waals surface area contributed by atoms with Gasteiger partial charge in [0.25, 0.3) is 0 Å². The molecule has 0 radical (unpaired) electrons. The van der Waals surface area contributed by atoms with Crippen LogP contribution < -0.4 is 5.32 Å². The summed E-state index contributed by atoms with van der Waals surface area (Å²) in [5.74, 6) is 1.80. The maximum Gasteiger partial charge on any atom is 0.160 e. The Morgan fingerprint density at radius 2 is 2.00 bits per heavy atom. The number of aryl methyl sites for hydroxylation is 1. The molecule has 0 saturated carbocycles. The van der Waals surface area contributed by atoms with Crippen LogP contribution in [0.25, 0.3) is 0 Å². The van der Waals surface area contributed by atoms with E-state index in [2.05, 4.69) is 26.1 Å². The first-order valence-electron chi connectivity index (χ1n) is 7.16. The van der Waals surface area contributed by atoms with Gasteiger partial charge in [-0.25, -0.2) is 9.97 Å². The van der Waals surface area contributed by atoms with E-state index in [9.17, 15) is 0 Å². The summed E-state index contributed by atoms with van der Waals surface area (Å²) in [5, 5.41) is 3.21. The number of aromatic nitrogens is 2. The third-order valence-corrected chi connectivity index (χ3v) is 3.54. The summed E-state index contributed by atoms with van der Waals surface area (Å²) in [5.41, 5.74) is 2.48. The van der Waals surface area contributed by atoms with Gasteiger partial charge in [-0.3, -0.25) is 0 Å². The number of nitrogens with one attached hydrogen (secondary N) is 1. The Kier molecular flexibility index (Phi) is 4.09. The maximum absolute atomic E-state index is 5.90. The predicted molar refractivity (Wildman–Crippen MR) is 77.4 cm³/mol. The van der Waals surface area contributed by atoms with Crippen LogP contribution in [0.1, 0.15) is 57.3 Å². The number of nitrogens with zero attached hydrogens (tertiary/aromatic N) is 2. The number of fused-ring (bicyclic) bond motifs is 1. The molecule has 1 heterocycles. The monoisotopic (exact) mass is 263 g/mol. The van der Waals surface area contributed by atoms with Gasteiger partial charge in [0.1, 0.15) is 11.9 Å². The number of anilines is 1. The molecular formula is C15H25N3O. The van der Waals surface area contributed by atoms with Crippen LogP contribution >= 0.6 is 0 Å². The van der Waals surface area contributed by atoms with Gasteiger partial charge in [-0.05, 0) is 31.6 Å². The molecule has 1 aromatic rings. The van der Waals surface area contributed by atoms with Crippen LogP contribution in [-0.2, 0) is 17.6 Å². The molecule has 0 aliphatic heterocycles. The molecule has 1 N–H and O–H groups in total. The molecule has 4 nitrogen and oxygen atoms in total. The lowest BCUT2D eigenvalue weighted by molar-refractivity contribution is -0.0191. The summed E-state index contributed by atoms with van der Waals surface area (Å²) >= 11 is 0. The van der Waals surface area contributed by atoms with E-state index in [1.54, 1.807) is 0 Å². The number of hydrogen-bond donors (Lipinski definition) is 1. The van der Waals surface area contributed by atoms with Crippen LogP contribution in [0.2, 0.25) is 0 Å². The van der Waals surface area contributed by atoms with Crippen molar-refractivity contribution in [2.75, 3.05) is 19.0 Å². The van der Waals surface area contributed by atoms with Crippen molar-refractivity contribution in [2.45, 2.75) is 53.1 Å². The van der Waals surface area contributed by atoms with Gasteiger partial charge in [0.15, 0.2) is 5.82 Å². The Labute approximate surface area is 116 Å². The second kappa shape index (κ2) is 5.45. The van der Waals surface area contributed by atoms with Crippen LogP contribution in [0.5, 0.6) is 0 Å². The summed E-state index contributed by atoms with van der Waals surface area (Å²) in [6.45, 7) is 9.21. The van der Waals surface area contributed by atoms with E-state index >= 15 is 0 Å². The van der Waals surface area contributed by atoms with Crippen molar-refractivity contribution in [3.8, 4) is 0 Å². The van der Waals surface area contributed by atoms with Crippen molar-refractivity contribution in [1.82, 2.24) is 9.97 Å². The van der Waals surface area contributed by atoms with Crippen LogP contribution in [0.3, 0.4) is 0 Å². The minimum absolute atomic E-state index is 0.00609. The second-order valence-electron chi connectivity index (χ2n) is 6.16. The highest BCUT2D eigenvalue weighted by atomic mass is 16.5. The normalized spacial score (nSPS) is 16.3. The smallest absolute Gasteiger partial charge is 0.160 e. The van der Waals surface area contributed by atoms with Crippen LogP contribution in [0.4, 0.5) is 5.82 Å². The van der Waals surface area contributed by atoms with E-state index in [1.807, 2.05) is 14.0 Å². The zero-order valence-electron chi connectivity index (χ0n) is 12.7. The predicted octanol–water partition coefficient (Wildman–Crippen LogP) is 3.13. The molecule has 0 amide bonds. The molecule has 0 spiro atoms. The topological polar surface area (TPSA) is 47.0 Å². The van der Waals surface area contributed by atoms with Crippen molar-refractivity contribution in [3.63, 3.8) is 0 Å². The maximum atomic E-state index is 5.90. The molecule has 0 fully saturated rings. The number of hydrogen-bond acceptors (Lipinski definition) is 4. The lowest BCUT2D eigenvalue weighted by Crippen LogP contribution is -2.24. The fourth-order valence-electron chi connectivity index (χ4n) is 2.65. The molecule has 1 atom stereocenters. The number of rotatable bonds is 4. The zero-order chi connectivity index (χ0) is 14.0. The minimum Gasteiger partial charge on any atom is -0.373 e. The molecule has 1 aromatic heterocycles. The zero-order valence-corrected chi connectivity index (χ0v) is 12.7. The molecular weight excluding hydrogens is 238 g/mol. The molecule has 19 heavy (non-hydrogen) atoms. The Balaban J connectivity index is 2.43. The standard InChI is InChI=1S/C15H25N3O/c1-6-19-12(15(2,3)4)14-17-11-9-7-8-10(11)13(16-5)18-14/h12H,6-9H2,1-5H3,(H,16,17,18). The fourth-order valence-corrected chi connectivity index (χ4v) is 2.65. The van der Waals surface area contributed by atoms with Gasteiger partial charge in [0.2, 0.25) is 0 Å². The average Bonchev–Trinajstić information content (AvgIpc) is 2.81. The van der Waals surface area contributed by atoms with Crippen LogP contribution in [-0.4, -0.2) is 23.6 Å². The number of ether oxygens (including phenoxy) is 1. The second-order valence-corrected chi connectivity index (χ2v) is 6.16. The average molecular weight is 263 g/mol. The Morgan fingerprint density at radius 3 is 2.58 bits per heavy atom. The van der Waals surface area contributed by atoms with Gasteiger partial charge in [-0.1, -0.05) is 20.8 Å². The van der Waals surface area contributed by atoms with Gasteiger partial charge >= 0.3 is 0 Å².